The molecule has 0 radical (unpaired) electrons. The van der Waals surface area contributed by atoms with E-state index in [0.717, 1.165) is 4.47 Å². The van der Waals surface area contributed by atoms with Gasteiger partial charge >= 0.3 is 0 Å². The zero-order valence-electron chi connectivity index (χ0n) is 10.7. The van der Waals surface area contributed by atoms with Crippen molar-refractivity contribution < 1.29 is 4.79 Å². The van der Waals surface area contributed by atoms with E-state index < -0.39 is 0 Å². The molecule has 0 bridgehead atoms. The first-order valence-electron chi connectivity index (χ1n) is 5.66. The Kier molecular flexibility index (Phi) is 4.57. The zero-order valence-corrected chi connectivity index (χ0v) is 12.3. The quantitative estimate of drug-likeness (QED) is 0.872. The minimum atomic E-state index is 0.0203. The van der Waals surface area contributed by atoms with Gasteiger partial charge in [0, 0.05) is 28.8 Å². The van der Waals surface area contributed by atoms with Gasteiger partial charge in [-0.3, -0.25) is 4.79 Å². The van der Waals surface area contributed by atoms with Gasteiger partial charge in [-0.25, -0.2) is 0 Å². The molecule has 94 valence electrons. The lowest BCUT2D eigenvalue weighted by Gasteiger charge is -2.28. The molecule has 3 nitrogen and oxygen atoms in total. The van der Waals surface area contributed by atoms with Gasteiger partial charge in [-0.2, -0.15) is 0 Å². The smallest absolute Gasteiger partial charge is 0.253 e. The Balaban J connectivity index is 2.92. The predicted molar refractivity (Wildman–Crippen MR) is 74.9 cm³/mol. The van der Waals surface area contributed by atoms with Crippen LogP contribution in [-0.2, 0) is 0 Å². The predicted octanol–water partition coefficient (Wildman–Crippen LogP) is 3.15. The number of anilines is 1. The van der Waals surface area contributed by atoms with Crippen LogP contribution in [0.1, 0.15) is 31.1 Å². The highest BCUT2D eigenvalue weighted by molar-refractivity contribution is 9.10. The van der Waals surface area contributed by atoms with Crippen LogP contribution in [0.2, 0.25) is 0 Å². The van der Waals surface area contributed by atoms with E-state index in [1.54, 1.807) is 23.1 Å². The number of carbonyl (C=O) groups is 1. The summed E-state index contributed by atoms with van der Waals surface area (Å²) in [6.45, 7) is 6.26. The number of hydrogen-bond donors (Lipinski definition) is 1. The molecule has 1 rings (SSSR count). The SMILES string of the molecule is CC(C)C(C)N(C)C(=O)c1ccc(N)c(Br)c1. The summed E-state index contributed by atoms with van der Waals surface area (Å²) >= 11 is 3.33. The van der Waals surface area contributed by atoms with E-state index in [1.807, 2.05) is 7.05 Å². The number of nitrogens with two attached hydrogens (primary N) is 1. The van der Waals surface area contributed by atoms with Gasteiger partial charge in [-0.05, 0) is 47.0 Å². The molecule has 1 aromatic carbocycles. The van der Waals surface area contributed by atoms with E-state index in [1.165, 1.54) is 0 Å². The van der Waals surface area contributed by atoms with Crippen LogP contribution < -0.4 is 5.73 Å². The lowest BCUT2D eigenvalue weighted by atomic mass is 10.0. The van der Waals surface area contributed by atoms with Crippen LogP contribution in [0.15, 0.2) is 22.7 Å². The third-order valence-corrected chi connectivity index (χ3v) is 3.83. The Morgan fingerprint density at radius 2 is 1.94 bits per heavy atom. The summed E-state index contributed by atoms with van der Waals surface area (Å²) in [5, 5.41) is 0. The monoisotopic (exact) mass is 298 g/mol. The van der Waals surface area contributed by atoms with Gasteiger partial charge in [0.25, 0.3) is 5.91 Å². The molecule has 0 fully saturated rings. The van der Waals surface area contributed by atoms with Crippen LogP contribution in [0, 0.1) is 5.92 Å². The molecular formula is C13H19BrN2O. The molecule has 0 aromatic heterocycles. The zero-order chi connectivity index (χ0) is 13.2. The first-order chi connectivity index (χ1) is 7.84. The lowest BCUT2D eigenvalue weighted by molar-refractivity contribution is 0.0707. The van der Waals surface area contributed by atoms with E-state index in [4.69, 9.17) is 5.73 Å². The van der Waals surface area contributed by atoms with E-state index in [9.17, 15) is 4.79 Å². The first kappa shape index (κ1) is 14.0. The van der Waals surface area contributed by atoms with Crippen LogP contribution in [0.5, 0.6) is 0 Å². The molecule has 1 atom stereocenters. The minimum absolute atomic E-state index is 0.0203. The summed E-state index contributed by atoms with van der Waals surface area (Å²) in [6, 6.07) is 5.47. The Hall–Kier alpha value is -1.03. The van der Waals surface area contributed by atoms with Crippen LogP contribution in [0.3, 0.4) is 0 Å². The number of hydrogen-bond acceptors (Lipinski definition) is 2. The van der Waals surface area contributed by atoms with Crippen molar-refractivity contribution in [3.63, 3.8) is 0 Å². The van der Waals surface area contributed by atoms with E-state index in [0.29, 0.717) is 17.2 Å². The molecule has 0 heterocycles. The maximum Gasteiger partial charge on any atom is 0.253 e. The highest BCUT2D eigenvalue weighted by atomic mass is 79.9. The number of halogens is 1. The summed E-state index contributed by atoms with van der Waals surface area (Å²) in [5.74, 6) is 0.452. The highest BCUT2D eigenvalue weighted by Gasteiger charge is 2.20. The second-order valence-electron chi connectivity index (χ2n) is 4.64. The largest absolute Gasteiger partial charge is 0.398 e. The number of carbonyl (C=O) groups excluding carboxylic acids is 1. The lowest BCUT2D eigenvalue weighted by Crippen LogP contribution is -2.38. The molecule has 0 aliphatic rings. The third-order valence-electron chi connectivity index (χ3n) is 3.14. The fourth-order valence-electron chi connectivity index (χ4n) is 1.50. The average Bonchev–Trinajstić information content (AvgIpc) is 2.29. The number of benzene rings is 1. The number of rotatable bonds is 3. The molecule has 0 saturated carbocycles. The third kappa shape index (κ3) is 3.22. The molecule has 2 N–H and O–H groups in total. The van der Waals surface area contributed by atoms with Crippen molar-refractivity contribution in [1.29, 1.82) is 0 Å². The number of amides is 1. The summed E-state index contributed by atoms with van der Waals surface area (Å²) in [4.78, 5) is 14.0. The normalized spacial score (nSPS) is 12.6. The molecular weight excluding hydrogens is 280 g/mol. The minimum Gasteiger partial charge on any atom is -0.398 e. The van der Waals surface area contributed by atoms with Crippen molar-refractivity contribution in [1.82, 2.24) is 4.90 Å². The van der Waals surface area contributed by atoms with E-state index in [-0.39, 0.29) is 11.9 Å². The molecule has 1 unspecified atom stereocenters. The van der Waals surface area contributed by atoms with Gasteiger partial charge in [-0.15, -0.1) is 0 Å². The standard InChI is InChI=1S/C13H19BrN2O/c1-8(2)9(3)16(4)13(17)10-5-6-12(15)11(14)7-10/h5-9H,15H2,1-4H3. The molecule has 0 spiro atoms. The maximum absolute atomic E-state index is 12.2. The van der Waals surface area contributed by atoms with Crippen molar-refractivity contribution >= 4 is 27.5 Å². The van der Waals surface area contributed by atoms with Gasteiger partial charge < -0.3 is 10.6 Å². The van der Waals surface area contributed by atoms with Crippen molar-refractivity contribution in [3.05, 3.63) is 28.2 Å². The van der Waals surface area contributed by atoms with Crippen molar-refractivity contribution in [2.24, 2.45) is 5.92 Å². The Bertz CT molecular complexity index is 418. The van der Waals surface area contributed by atoms with Crippen molar-refractivity contribution in [3.8, 4) is 0 Å². The van der Waals surface area contributed by atoms with Gasteiger partial charge in [0.1, 0.15) is 0 Å². The summed E-state index contributed by atoms with van der Waals surface area (Å²) in [6.07, 6.45) is 0. The Morgan fingerprint density at radius 1 is 1.35 bits per heavy atom. The van der Waals surface area contributed by atoms with Crippen molar-refractivity contribution in [2.75, 3.05) is 12.8 Å². The van der Waals surface area contributed by atoms with Gasteiger partial charge in [0.05, 0.1) is 0 Å². The van der Waals surface area contributed by atoms with Crippen LogP contribution >= 0.6 is 15.9 Å². The Labute approximate surface area is 111 Å². The molecule has 4 heteroatoms. The van der Waals surface area contributed by atoms with E-state index in [2.05, 4.69) is 36.7 Å². The summed E-state index contributed by atoms with van der Waals surface area (Å²) < 4.78 is 0.758. The molecule has 1 aromatic rings. The van der Waals surface area contributed by atoms with Crippen LogP contribution in [0.25, 0.3) is 0 Å². The molecule has 1 amide bonds. The summed E-state index contributed by atoms with van der Waals surface area (Å²) in [5.41, 5.74) is 6.99. The van der Waals surface area contributed by atoms with Crippen molar-refractivity contribution in [2.45, 2.75) is 26.8 Å². The van der Waals surface area contributed by atoms with E-state index >= 15 is 0 Å². The molecule has 0 aliphatic heterocycles. The van der Waals surface area contributed by atoms with Gasteiger partial charge in [0.2, 0.25) is 0 Å². The second-order valence-corrected chi connectivity index (χ2v) is 5.49. The topological polar surface area (TPSA) is 46.3 Å². The Morgan fingerprint density at radius 3 is 2.41 bits per heavy atom. The molecule has 17 heavy (non-hydrogen) atoms. The van der Waals surface area contributed by atoms with Crippen LogP contribution in [0.4, 0.5) is 5.69 Å². The average molecular weight is 299 g/mol. The fraction of sp³-hybridized carbons (Fsp3) is 0.462. The van der Waals surface area contributed by atoms with Crippen LogP contribution in [-0.4, -0.2) is 23.9 Å². The molecule has 0 aliphatic carbocycles. The number of nitrogen functional groups attached to an aromatic ring is 1. The highest BCUT2D eigenvalue weighted by Crippen LogP contribution is 2.22. The number of nitrogens with zero attached hydrogens (tertiary/aromatic N) is 1. The maximum atomic E-state index is 12.2. The summed E-state index contributed by atoms with van der Waals surface area (Å²) in [7, 11) is 1.83. The first-order valence-corrected chi connectivity index (χ1v) is 6.46. The van der Waals surface area contributed by atoms with Gasteiger partial charge in [0.15, 0.2) is 0 Å². The second kappa shape index (κ2) is 5.54. The fourth-order valence-corrected chi connectivity index (χ4v) is 1.87. The molecule has 0 saturated heterocycles. The van der Waals surface area contributed by atoms with Gasteiger partial charge in [-0.1, -0.05) is 13.8 Å².